The van der Waals surface area contributed by atoms with Crippen LogP contribution < -0.4 is 40.6 Å². The number of hydrogen-bond acceptors (Lipinski definition) is 11. The molecule has 154 valence electrons. The molecule has 1 aromatic heterocycles. The number of hydrogen-bond donors (Lipinski definition) is 2. The van der Waals surface area contributed by atoms with Crippen molar-refractivity contribution in [3.8, 4) is 0 Å². The van der Waals surface area contributed by atoms with Crippen molar-refractivity contribution in [1.29, 1.82) is 0 Å². The first-order chi connectivity index (χ1) is 13.7. The molecule has 1 aliphatic heterocycles. The quantitative estimate of drug-likeness (QED) is 0.138. The molecule has 3 N–H and O–H groups in total. The number of anilines is 1. The van der Waals surface area contributed by atoms with Crippen LogP contribution in [-0.2, 0) is 24.7 Å². The Hall–Kier alpha value is -1.68. The van der Waals surface area contributed by atoms with Crippen LogP contribution in [0, 0.1) is 0 Å². The number of thioether (sulfide) groups is 1. The van der Waals surface area contributed by atoms with Crippen molar-refractivity contribution in [2.24, 2.45) is 5.16 Å². The summed E-state index contributed by atoms with van der Waals surface area (Å²) in [6, 6.07) is 7.26. The van der Waals surface area contributed by atoms with Crippen molar-refractivity contribution in [1.82, 2.24) is 14.6 Å². The zero-order valence-electron chi connectivity index (χ0n) is 15.7. The maximum atomic E-state index is 12.6. The van der Waals surface area contributed by atoms with Gasteiger partial charge in [-0.15, -0.1) is 11.3 Å². The molecule has 2 amide bonds. The summed E-state index contributed by atoms with van der Waals surface area (Å²) in [5.74, 6) is -1.88. The van der Waals surface area contributed by atoms with E-state index in [0.717, 1.165) is 23.1 Å². The number of oxime groups is 1. The number of nitrogens with two attached hydrogens (primary N) is 1. The van der Waals surface area contributed by atoms with E-state index in [0.29, 0.717) is 4.90 Å². The largest absolute Gasteiger partial charge is 1.00 e. The minimum Gasteiger partial charge on any atom is -0.731 e. The van der Waals surface area contributed by atoms with Crippen LogP contribution in [0.1, 0.15) is 5.69 Å². The van der Waals surface area contributed by atoms with Gasteiger partial charge in [-0.25, -0.2) is 17.7 Å². The van der Waals surface area contributed by atoms with Crippen molar-refractivity contribution in [2.75, 3.05) is 12.8 Å². The van der Waals surface area contributed by atoms with Gasteiger partial charge in [0.1, 0.15) is 24.2 Å². The van der Waals surface area contributed by atoms with E-state index in [1.165, 1.54) is 12.5 Å². The molecule has 1 aliphatic rings. The number of rotatable bonds is 7. The second-order valence-electron chi connectivity index (χ2n) is 5.56. The Morgan fingerprint density at radius 3 is 2.60 bits per heavy atom. The second-order valence-corrected chi connectivity index (χ2v) is 8.89. The van der Waals surface area contributed by atoms with Crippen molar-refractivity contribution in [3.63, 3.8) is 0 Å². The molecule has 3 rings (SSSR count). The molecule has 0 saturated carbocycles. The van der Waals surface area contributed by atoms with Crippen LogP contribution in [0.25, 0.3) is 0 Å². The molecule has 2 atom stereocenters. The van der Waals surface area contributed by atoms with Crippen molar-refractivity contribution < 1.29 is 57.0 Å². The second kappa shape index (κ2) is 10.1. The van der Waals surface area contributed by atoms with E-state index in [4.69, 9.17) is 5.73 Å². The third-order valence-corrected chi connectivity index (χ3v) is 6.65. The predicted molar refractivity (Wildman–Crippen MR) is 105 cm³/mol. The molecule has 11 nitrogen and oxygen atoms in total. The SMILES string of the molecule is CON=C(C(=O)N[C@@H]1C(=O)N(S(=O)(=O)[O-])[C@H]1Sc1ccccc1)c1csc(N)n1.[Na+]. The van der Waals surface area contributed by atoms with Gasteiger partial charge in [-0.3, -0.25) is 9.59 Å². The number of amides is 2. The standard InChI is InChI=1S/C15H15N5O6S3.Na/c1-26-19-10(9-7-27-15(16)17-9)12(21)18-11-13(22)20(29(23,24)25)14(11)28-8-5-3-2-4-6-8;/h2-7,11,14H,1H3,(H2,16,17)(H,18,21)(H,23,24,25);/q;+1/p-1/t11-,14+;/m1./s1. The molecule has 1 saturated heterocycles. The van der Waals surface area contributed by atoms with E-state index in [1.807, 2.05) is 0 Å². The number of β-lactam (4-membered cyclic amide) rings is 1. The normalized spacial score (nSPS) is 18.9. The molecule has 30 heavy (non-hydrogen) atoms. The fourth-order valence-electron chi connectivity index (χ4n) is 2.46. The summed E-state index contributed by atoms with van der Waals surface area (Å²) in [6.07, 6.45) is 0. The molecule has 15 heteroatoms. The predicted octanol–water partition coefficient (Wildman–Crippen LogP) is -3.01. The maximum Gasteiger partial charge on any atom is 1.00 e. The first-order valence-corrected chi connectivity index (χ1v) is 11.0. The molecule has 1 aromatic carbocycles. The van der Waals surface area contributed by atoms with Crippen molar-refractivity contribution in [2.45, 2.75) is 16.3 Å². The van der Waals surface area contributed by atoms with Gasteiger partial charge in [0.15, 0.2) is 21.1 Å². The van der Waals surface area contributed by atoms with Crippen LogP contribution in [0.5, 0.6) is 0 Å². The molecule has 0 unspecified atom stereocenters. The van der Waals surface area contributed by atoms with Gasteiger partial charge in [0.25, 0.3) is 11.8 Å². The first-order valence-electron chi connectivity index (χ1n) is 7.86. The molecule has 0 radical (unpaired) electrons. The Kier molecular flexibility index (Phi) is 8.27. The zero-order valence-corrected chi connectivity index (χ0v) is 20.2. The van der Waals surface area contributed by atoms with E-state index in [2.05, 4.69) is 20.3 Å². The molecular weight excluding hydrogens is 465 g/mol. The Morgan fingerprint density at radius 2 is 2.07 bits per heavy atom. The molecule has 1 fully saturated rings. The van der Waals surface area contributed by atoms with Crippen LogP contribution in [0.4, 0.5) is 5.13 Å². The number of benzene rings is 1. The number of carbonyl (C=O) groups is 2. The monoisotopic (exact) mass is 479 g/mol. The van der Waals surface area contributed by atoms with Gasteiger partial charge >= 0.3 is 29.6 Å². The number of nitrogen functional groups attached to an aromatic ring is 1. The number of thiazole rings is 1. The van der Waals surface area contributed by atoms with Crippen molar-refractivity contribution >= 4 is 56.1 Å². The minimum atomic E-state index is -5.05. The van der Waals surface area contributed by atoms with Crippen LogP contribution in [-0.4, -0.2) is 58.3 Å². The number of carbonyl (C=O) groups excluding carboxylic acids is 2. The first kappa shape index (κ1) is 24.6. The summed E-state index contributed by atoms with van der Waals surface area (Å²) in [6.45, 7) is 0. The van der Waals surface area contributed by atoms with Gasteiger partial charge in [-0.05, 0) is 12.1 Å². The van der Waals surface area contributed by atoms with E-state index in [-0.39, 0.29) is 50.4 Å². The molecule has 0 spiro atoms. The van der Waals surface area contributed by atoms with E-state index in [1.54, 1.807) is 30.3 Å². The third kappa shape index (κ3) is 5.32. The Morgan fingerprint density at radius 1 is 1.40 bits per heavy atom. The minimum absolute atomic E-state index is 0. The van der Waals surface area contributed by atoms with E-state index < -0.39 is 33.5 Å². The fraction of sp³-hybridized carbons (Fsp3) is 0.200. The Bertz CT molecular complexity index is 1060. The van der Waals surface area contributed by atoms with Crippen LogP contribution in [0.15, 0.2) is 45.8 Å². The van der Waals surface area contributed by atoms with Crippen LogP contribution >= 0.6 is 23.1 Å². The van der Waals surface area contributed by atoms with Gasteiger partial charge < -0.3 is 20.4 Å². The average Bonchev–Trinajstić information content (AvgIpc) is 3.09. The number of nitrogens with one attached hydrogen (secondary N) is 1. The molecule has 2 heterocycles. The summed E-state index contributed by atoms with van der Waals surface area (Å²) in [5.41, 5.74) is 5.44. The summed E-state index contributed by atoms with van der Waals surface area (Å²) in [4.78, 5) is 34.1. The Labute approximate surface area is 202 Å². The summed E-state index contributed by atoms with van der Waals surface area (Å²) < 4.78 is 34.6. The zero-order chi connectivity index (χ0) is 21.2. The summed E-state index contributed by atoms with van der Waals surface area (Å²) in [7, 11) is -3.83. The molecule has 2 aromatic rings. The maximum absolute atomic E-state index is 12.6. The average molecular weight is 479 g/mol. The van der Waals surface area contributed by atoms with Crippen molar-refractivity contribution in [3.05, 3.63) is 41.4 Å². The fourth-order valence-corrected chi connectivity index (χ4v) is 5.28. The summed E-state index contributed by atoms with van der Waals surface area (Å²) >= 11 is 2.02. The molecule has 0 aliphatic carbocycles. The van der Waals surface area contributed by atoms with Crippen LogP contribution in [0.3, 0.4) is 0 Å². The van der Waals surface area contributed by atoms with Gasteiger partial charge in [0.2, 0.25) is 0 Å². The van der Waals surface area contributed by atoms with Gasteiger partial charge in [0.05, 0.1) is 0 Å². The topological polar surface area (TPSA) is 167 Å². The Balaban J connectivity index is 0.00000320. The smallest absolute Gasteiger partial charge is 0.731 e. The third-order valence-electron chi connectivity index (χ3n) is 3.69. The summed E-state index contributed by atoms with van der Waals surface area (Å²) in [5, 5.41) is 6.50. The van der Waals surface area contributed by atoms with Gasteiger partial charge in [-0.1, -0.05) is 35.1 Å². The van der Waals surface area contributed by atoms with Gasteiger partial charge in [-0.2, -0.15) is 0 Å². The number of aromatic nitrogens is 1. The van der Waals surface area contributed by atoms with E-state index >= 15 is 0 Å². The molecular formula is C15H14N5NaO6S3. The number of nitrogens with zero attached hydrogens (tertiary/aromatic N) is 3. The van der Waals surface area contributed by atoms with E-state index in [9.17, 15) is 22.6 Å². The van der Waals surface area contributed by atoms with Gasteiger partial charge in [0, 0.05) is 10.3 Å². The van der Waals surface area contributed by atoms with Crippen LogP contribution in [0.2, 0.25) is 0 Å². The molecule has 0 bridgehead atoms.